The molecule has 0 N–H and O–H groups in total. The van der Waals surface area contributed by atoms with Gasteiger partial charge >= 0.3 is 0 Å². The fraction of sp³-hybridized carbons (Fsp3) is 0.200. The molecule has 1 aliphatic rings. The van der Waals surface area contributed by atoms with E-state index in [0.29, 0.717) is 19.5 Å². The van der Waals surface area contributed by atoms with E-state index in [1.165, 1.54) is 0 Å². The maximum atomic E-state index is 12.9. The van der Waals surface area contributed by atoms with Gasteiger partial charge in [0.05, 0.1) is 17.6 Å². The van der Waals surface area contributed by atoms with E-state index in [4.69, 9.17) is 16.6 Å². The van der Waals surface area contributed by atoms with E-state index in [1.54, 1.807) is 0 Å². The van der Waals surface area contributed by atoms with Crippen LogP contribution in [0, 0.1) is 6.92 Å². The number of anilines is 1. The molecule has 0 saturated carbocycles. The third kappa shape index (κ3) is 3.27. The molecule has 0 spiro atoms. The van der Waals surface area contributed by atoms with Crippen LogP contribution in [0.15, 0.2) is 72.8 Å². The van der Waals surface area contributed by atoms with Crippen molar-refractivity contribution in [1.29, 1.82) is 0 Å². The fourth-order valence-electron chi connectivity index (χ4n) is 4.35. The number of carbonyl (C=O) groups excluding carboxylic acids is 1. The molecule has 0 radical (unpaired) electrons. The topological polar surface area (TPSA) is 38.1 Å². The summed E-state index contributed by atoms with van der Waals surface area (Å²) in [4.78, 5) is 19.8. The Morgan fingerprint density at radius 2 is 1.73 bits per heavy atom. The summed E-state index contributed by atoms with van der Waals surface area (Å²) in [6.45, 7) is 3.31. The molecule has 1 atom stereocenters. The van der Waals surface area contributed by atoms with Crippen LogP contribution in [0.25, 0.3) is 11.0 Å². The zero-order chi connectivity index (χ0) is 20.7. The molecule has 0 bridgehead atoms. The Kier molecular flexibility index (Phi) is 4.80. The van der Waals surface area contributed by atoms with Gasteiger partial charge in [-0.2, -0.15) is 0 Å². The molecule has 150 valence electrons. The molecular weight excluding hydrogens is 394 g/mol. The summed E-state index contributed by atoms with van der Waals surface area (Å²) in [7, 11) is 0. The van der Waals surface area contributed by atoms with Gasteiger partial charge in [0.2, 0.25) is 5.91 Å². The van der Waals surface area contributed by atoms with Crippen LogP contribution >= 0.6 is 11.6 Å². The number of hydrogen-bond acceptors (Lipinski definition) is 2. The van der Waals surface area contributed by atoms with Gasteiger partial charge in [-0.15, -0.1) is 0 Å². The molecule has 1 amide bonds. The molecule has 30 heavy (non-hydrogen) atoms. The second-order valence-corrected chi connectivity index (χ2v) is 8.24. The molecule has 4 nitrogen and oxygen atoms in total. The lowest BCUT2D eigenvalue weighted by Crippen LogP contribution is -2.25. The van der Waals surface area contributed by atoms with Crippen LogP contribution in [0.4, 0.5) is 5.69 Å². The summed E-state index contributed by atoms with van der Waals surface area (Å²) >= 11 is 6.45. The van der Waals surface area contributed by atoms with E-state index >= 15 is 0 Å². The van der Waals surface area contributed by atoms with Gasteiger partial charge < -0.3 is 9.47 Å². The van der Waals surface area contributed by atoms with Gasteiger partial charge in [0, 0.05) is 29.6 Å². The lowest BCUT2D eigenvalue weighted by molar-refractivity contribution is -0.117. The van der Waals surface area contributed by atoms with E-state index < -0.39 is 0 Å². The predicted molar refractivity (Wildman–Crippen MR) is 121 cm³/mol. The molecule has 2 heterocycles. The molecule has 1 fully saturated rings. The summed E-state index contributed by atoms with van der Waals surface area (Å²) in [5.41, 5.74) is 5.15. The van der Waals surface area contributed by atoms with Gasteiger partial charge in [-0.3, -0.25) is 4.79 Å². The maximum Gasteiger partial charge on any atom is 0.227 e. The minimum absolute atomic E-state index is 0.0343. The van der Waals surface area contributed by atoms with Crippen molar-refractivity contribution >= 4 is 34.2 Å². The predicted octanol–water partition coefficient (Wildman–Crippen LogP) is 5.57. The van der Waals surface area contributed by atoms with Crippen molar-refractivity contribution < 1.29 is 4.79 Å². The summed E-state index contributed by atoms with van der Waals surface area (Å²) in [5, 5.41) is 0.741. The second kappa shape index (κ2) is 7.62. The highest BCUT2D eigenvalue weighted by Gasteiger charge is 2.35. The Labute approximate surface area is 180 Å². The average Bonchev–Trinajstić information content (AvgIpc) is 3.31. The van der Waals surface area contributed by atoms with Crippen molar-refractivity contribution in [2.75, 3.05) is 11.4 Å². The zero-order valence-corrected chi connectivity index (χ0v) is 17.5. The van der Waals surface area contributed by atoms with E-state index in [-0.39, 0.29) is 11.8 Å². The van der Waals surface area contributed by atoms with E-state index in [9.17, 15) is 4.79 Å². The van der Waals surface area contributed by atoms with Gasteiger partial charge in [0.1, 0.15) is 5.82 Å². The van der Waals surface area contributed by atoms with Gasteiger partial charge in [0.15, 0.2) is 0 Å². The highest BCUT2D eigenvalue weighted by molar-refractivity contribution is 6.31. The second-order valence-electron chi connectivity index (χ2n) is 7.83. The van der Waals surface area contributed by atoms with Gasteiger partial charge in [-0.25, -0.2) is 4.98 Å². The molecule has 5 rings (SSSR count). The Balaban J connectivity index is 1.55. The highest BCUT2D eigenvalue weighted by Crippen LogP contribution is 2.35. The smallest absolute Gasteiger partial charge is 0.227 e. The van der Waals surface area contributed by atoms with Crippen LogP contribution < -0.4 is 4.90 Å². The minimum Gasteiger partial charge on any atom is -0.323 e. The summed E-state index contributed by atoms with van der Waals surface area (Å²) in [5.74, 6) is 1.12. The van der Waals surface area contributed by atoms with Gasteiger partial charge in [-0.1, -0.05) is 60.1 Å². The molecular formula is C25H22ClN3O. The number of fused-ring (bicyclic) bond motifs is 1. The highest BCUT2D eigenvalue weighted by atomic mass is 35.5. The lowest BCUT2D eigenvalue weighted by atomic mass is 10.1. The molecule has 1 aromatic heterocycles. The number of halogens is 1. The van der Waals surface area contributed by atoms with E-state index in [2.05, 4.69) is 10.6 Å². The molecule has 0 aliphatic carbocycles. The number of rotatable bonds is 4. The van der Waals surface area contributed by atoms with Gasteiger partial charge in [-0.05, 0) is 42.3 Å². The largest absolute Gasteiger partial charge is 0.323 e. The SMILES string of the molecule is Cc1ccccc1N1C[C@@H](c2nc3ccccc3n2Cc2ccccc2Cl)CC1=O. The normalized spacial score (nSPS) is 16.5. The lowest BCUT2D eigenvalue weighted by Gasteiger charge is -2.19. The first-order valence-electron chi connectivity index (χ1n) is 10.2. The molecule has 5 heteroatoms. The van der Waals surface area contributed by atoms with Crippen LogP contribution in [0.3, 0.4) is 0 Å². The van der Waals surface area contributed by atoms with Crippen LogP contribution in [-0.4, -0.2) is 22.0 Å². The zero-order valence-electron chi connectivity index (χ0n) is 16.8. The first-order chi connectivity index (χ1) is 14.6. The monoisotopic (exact) mass is 415 g/mol. The Morgan fingerprint density at radius 1 is 1.00 bits per heavy atom. The third-order valence-corrected chi connectivity index (χ3v) is 6.24. The molecule has 0 unspecified atom stereocenters. The van der Waals surface area contributed by atoms with E-state index in [0.717, 1.165) is 38.7 Å². The quantitative estimate of drug-likeness (QED) is 0.437. The molecule has 3 aromatic carbocycles. The van der Waals surface area contributed by atoms with Crippen molar-refractivity contribution in [3.8, 4) is 0 Å². The Hall–Kier alpha value is -3.11. The molecule has 1 aliphatic heterocycles. The molecule has 4 aromatic rings. The van der Waals surface area contributed by atoms with Crippen molar-refractivity contribution in [3.05, 3.63) is 94.8 Å². The molecule has 1 saturated heterocycles. The number of aryl methyl sites for hydroxylation is 1. The van der Waals surface area contributed by atoms with Crippen molar-refractivity contribution in [2.24, 2.45) is 0 Å². The number of carbonyl (C=O) groups is 1. The number of aromatic nitrogens is 2. The van der Waals surface area contributed by atoms with Crippen LogP contribution in [-0.2, 0) is 11.3 Å². The Morgan fingerprint density at radius 3 is 2.57 bits per heavy atom. The number of amides is 1. The number of nitrogens with zero attached hydrogens (tertiary/aromatic N) is 3. The number of benzene rings is 3. The first-order valence-corrected chi connectivity index (χ1v) is 10.5. The first kappa shape index (κ1) is 18.9. The maximum absolute atomic E-state index is 12.9. The summed E-state index contributed by atoms with van der Waals surface area (Å²) in [6, 6.07) is 24.1. The number of imidazole rings is 1. The summed E-state index contributed by atoms with van der Waals surface area (Å²) < 4.78 is 2.22. The standard InChI is InChI=1S/C25H22ClN3O/c1-17-8-2-6-12-22(17)28-16-19(14-24(28)30)25-27-21-11-5-7-13-23(21)29(25)15-18-9-3-4-10-20(18)26/h2-13,19H,14-16H2,1H3/t19-/m0/s1. The number of para-hydroxylation sites is 3. The minimum atomic E-state index is 0.0343. The fourth-order valence-corrected chi connectivity index (χ4v) is 4.54. The van der Waals surface area contributed by atoms with Crippen LogP contribution in [0.2, 0.25) is 5.02 Å². The van der Waals surface area contributed by atoms with Crippen molar-refractivity contribution in [2.45, 2.75) is 25.8 Å². The average molecular weight is 416 g/mol. The van der Waals surface area contributed by atoms with Crippen molar-refractivity contribution in [1.82, 2.24) is 9.55 Å². The van der Waals surface area contributed by atoms with Crippen LogP contribution in [0.1, 0.15) is 29.3 Å². The van der Waals surface area contributed by atoms with Crippen LogP contribution in [0.5, 0.6) is 0 Å². The van der Waals surface area contributed by atoms with E-state index in [1.807, 2.05) is 78.6 Å². The number of hydrogen-bond donors (Lipinski definition) is 0. The Bertz CT molecular complexity index is 1250. The third-order valence-electron chi connectivity index (χ3n) is 5.87. The summed E-state index contributed by atoms with van der Waals surface area (Å²) in [6.07, 6.45) is 0.459. The van der Waals surface area contributed by atoms with Crippen molar-refractivity contribution in [3.63, 3.8) is 0 Å². The van der Waals surface area contributed by atoms with Gasteiger partial charge in [0.25, 0.3) is 0 Å².